The molecule has 0 aliphatic carbocycles. The first-order valence-electron chi connectivity index (χ1n) is 7.82. The van der Waals surface area contributed by atoms with Gasteiger partial charge in [0, 0.05) is 26.1 Å². The van der Waals surface area contributed by atoms with E-state index in [1.807, 2.05) is 16.7 Å². The summed E-state index contributed by atoms with van der Waals surface area (Å²) in [6, 6.07) is -0.169. The van der Waals surface area contributed by atoms with Crippen LogP contribution in [0.25, 0.3) is 0 Å². The first-order chi connectivity index (χ1) is 9.24. The van der Waals surface area contributed by atoms with Crippen LogP contribution >= 0.6 is 0 Å². The fourth-order valence-corrected chi connectivity index (χ4v) is 3.18. The Morgan fingerprint density at radius 2 is 1.68 bits per heavy atom. The summed E-state index contributed by atoms with van der Waals surface area (Å²) < 4.78 is 0. The van der Waals surface area contributed by atoms with E-state index in [1.54, 1.807) is 0 Å². The molecule has 108 valence electrons. The van der Waals surface area contributed by atoms with Gasteiger partial charge in [-0.1, -0.05) is 19.8 Å². The molecular weight excluding hydrogens is 240 g/mol. The predicted molar refractivity (Wildman–Crippen MR) is 74.7 cm³/mol. The topological polar surface area (TPSA) is 40.6 Å². The van der Waals surface area contributed by atoms with E-state index < -0.39 is 0 Å². The number of amides is 2. The van der Waals surface area contributed by atoms with Gasteiger partial charge < -0.3 is 9.80 Å². The minimum absolute atomic E-state index is 0.160. The molecule has 2 rings (SSSR count). The highest BCUT2D eigenvalue weighted by molar-refractivity contribution is 5.88. The van der Waals surface area contributed by atoms with E-state index in [4.69, 9.17) is 0 Å². The van der Waals surface area contributed by atoms with Crippen molar-refractivity contribution in [1.82, 2.24) is 9.80 Å². The second-order valence-electron chi connectivity index (χ2n) is 5.73. The summed E-state index contributed by atoms with van der Waals surface area (Å²) >= 11 is 0. The molecule has 0 aromatic carbocycles. The maximum absolute atomic E-state index is 12.6. The van der Waals surface area contributed by atoms with Crippen LogP contribution in [0.2, 0.25) is 0 Å². The quantitative estimate of drug-likeness (QED) is 0.785. The van der Waals surface area contributed by atoms with Crippen molar-refractivity contribution in [1.29, 1.82) is 0 Å². The summed E-state index contributed by atoms with van der Waals surface area (Å²) in [5.41, 5.74) is 0. The van der Waals surface area contributed by atoms with Gasteiger partial charge in [-0.25, -0.2) is 0 Å². The fourth-order valence-electron chi connectivity index (χ4n) is 3.18. The van der Waals surface area contributed by atoms with Crippen LogP contribution in [0.3, 0.4) is 0 Å². The monoisotopic (exact) mass is 266 g/mol. The van der Waals surface area contributed by atoms with Crippen LogP contribution in [-0.2, 0) is 9.59 Å². The van der Waals surface area contributed by atoms with Crippen molar-refractivity contribution < 1.29 is 9.59 Å². The molecule has 4 heteroatoms. The van der Waals surface area contributed by atoms with E-state index in [2.05, 4.69) is 0 Å². The highest BCUT2D eigenvalue weighted by atomic mass is 16.2. The van der Waals surface area contributed by atoms with Gasteiger partial charge in [0.15, 0.2) is 0 Å². The minimum atomic E-state index is -0.169. The lowest BCUT2D eigenvalue weighted by molar-refractivity contribution is -0.143. The summed E-state index contributed by atoms with van der Waals surface area (Å²) in [6.45, 7) is 4.54. The number of rotatable bonds is 3. The SMILES string of the molecule is CCCC(=O)N1CCC[C@H]1C(=O)N1CCCCCC1. The molecule has 2 amide bonds. The third-order valence-electron chi connectivity index (χ3n) is 4.24. The molecule has 0 spiro atoms. The van der Waals surface area contributed by atoms with Gasteiger partial charge in [0.2, 0.25) is 11.8 Å². The van der Waals surface area contributed by atoms with Gasteiger partial charge in [0.1, 0.15) is 6.04 Å². The van der Waals surface area contributed by atoms with Crippen molar-refractivity contribution in [3.63, 3.8) is 0 Å². The molecule has 19 heavy (non-hydrogen) atoms. The van der Waals surface area contributed by atoms with Gasteiger partial charge in [-0.2, -0.15) is 0 Å². The Labute approximate surface area is 116 Å². The summed E-state index contributed by atoms with van der Waals surface area (Å²) in [5.74, 6) is 0.358. The van der Waals surface area contributed by atoms with Crippen molar-refractivity contribution in [2.75, 3.05) is 19.6 Å². The minimum Gasteiger partial charge on any atom is -0.341 e. The van der Waals surface area contributed by atoms with Crippen molar-refractivity contribution in [3.8, 4) is 0 Å². The zero-order chi connectivity index (χ0) is 13.7. The molecule has 0 unspecified atom stereocenters. The number of carbonyl (C=O) groups is 2. The smallest absolute Gasteiger partial charge is 0.245 e. The molecule has 2 heterocycles. The van der Waals surface area contributed by atoms with Crippen LogP contribution < -0.4 is 0 Å². The van der Waals surface area contributed by atoms with Crippen LogP contribution in [0.15, 0.2) is 0 Å². The number of hydrogen-bond donors (Lipinski definition) is 0. The summed E-state index contributed by atoms with van der Waals surface area (Å²) in [4.78, 5) is 28.5. The van der Waals surface area contributed by atoms with Gasteiger partial charge in [-0.3, -0.25) is 9.59 Å². The van der Waals surface area contributed by atoms with Gasteiger partial charge in [-0.05, 0) is 32.1 Å². The lowest BCUT2D eigenvalue weighted by Crippen LogP contribution is -2.48. The van der Waals surface area contributed by atoms with Crippen molar-refractivity contribution >= 4 is 11.8 Å². The Balaban J connectivity index is 1.98. The molecule has 0 radical (unpaired) electrons. The number of nitrogens with zero attached hydrogens (tertiary/aromatic N) is 2. The summed E-state index contributed by atoms with van der Waals surface area (Å²) in [7, 11) is 0. The van der Waals surface area contributed by atoms with Crippen molar-refractivity contribution in [3.05, 3.63) is 0 Å². The lowest BCUT2D eigenvalue weighted by Gasteiger charge is -2.29. The summed E-state index contributed by atoms with van der Waals surface area (Å²) in [5, 5.41) is 0. The molecule has 2 fully saturated rings. The number of carbonyl (C=O) groups excluding carboxylic acids is 2. The van der Waals surface area contributed by atoms with Gasteiger partial charge in [-0.15, -0.1) is 0 Å². The Bertz CT molecular complexity index is 322. The molecule has 0 saturated carbocycles. The normalized spacial score (nSPS) is 24.4. The molecule has 2 saturated heterocycles. The van der Waals surface area contributed by atoms with E-state index in [1.165, 1.54) is 12.8 Å². The largest absolute Gasteiger partial charge is 0.341 e. The van der Waals surface area contributed by atoms with E-state index in [-0.39, 0.29) is 17.9 Å². The Morgan fingerprint density at radius 1 is 1.00 bits per heavy atom. The van der Waals surface area contributed by atoms with Gasteiger partial charge in [0.25, 0.3) is 0 Å². The van der Waals surface area contributed by atoms with E-state index in [0.29, 0.717) is 6.42 Å². The van der Waals surface area contributed by atoms with Crippen LogP contribution in [0.1, 0.15) is 58.3 Å². The second kappa shape index (κ2) is 6.92. The highest BCUT2D eigenvalue weighted by Gasteiger charge is 2.35. The molecule has 4 nitrogen and oxygen atoms in total. The van der Waals surface area contributed by atoms with E-state index in [9.17, 15) is 9.59 Å². The number of hydrogen-bond acceptors (Lipinski definition) is 2. The van der Waals surface area contributed by atoms with Crippen LogP contribution in [0.5, 0.6) is 0 Å². The Kier molecular flexibility index (Phi) is 5.23. The number of likely N-dealkylation sites (tertiary alicyclic amines) is 2. The van der Waals surface area contributed by atoms with Crippen molar-refractivity contribution in [2.45, 2.75) is 64.3 Å². The first kappa shape index (κ1) is 14.4. The van der Waals surface area contributed by atoms with Gasteiger partial charge >= 0.3 is 0 Å². The highest BCUT2D eigenvalue weighted by Crippen LogP contribution is 2.22. The maximum Gasteiger partial charge on any atom is 0.245 e. The standard InChI is InChI=1S/C15H26N2O2/c1-2-8-14(18)17-12-7-9-13(17)15(19)16-10-5-3-4-6-11-16/h13H,2-12H2,1H3/t13-/m0/s1. The molecule has 1 atom stereocenters. The molecular formula is C15H26N2O2. The molecule has 2 aliphatic rings. The third kappa shape index (κ3) is 3.48. The summed E-state index contributed by atoms with van der Waals surface area (Å²) in [6.07, 6.45) is 7.94. The molecule has 0 aromatic rings. The molecule has 0 N–H and O–H groups in total. The zero-order valence-corrected chi connectivity index (χ0v) is 12.1. The third-order valence-corrected chi connectivity index (χ3v) is 4.24. The lowest BCUT2D eigenvalue weighted by atomic mass is 10.1. The van der Waals surface area contributed by atoms with E-state index in [0.717, 1.165) is 51.7 Å². The Morgan fingerprint density at radius 3 is 2.32 bits per heavy atom. The Hall–Kier alpha value is -1.06. The zero-order valence-electron chi connectivity index (χ0n) is 12.1. The van der Waals surface area contributed by atoms with Crippen molar-refractivity contribution in [2.24, 2.45) is 0 Å². The maximum atomic E-state index is 12.6. The van der Waals surface area contributed by atoms with Gasteiger partial charge in [0.05, 0.1) is 0 Å². The molecule has 2 aliphatic heterocycles. The average molecular weight is 266 g/mol. The second-order valence-corrected chi connectivity index (χ2v) is 5.73. The average Bonchev–Trinajstić information content (AvgIpc) is 2.73. The molecule has 0 aromatic heterocycles. The van der Waals surface area contributed by atoms with E-state index >= 15 is 0 Å². The molecule has 0 bridgehead atoms. The predicted octanol–water partition coefficient (Wildman–Crippen LogP) is 2.18. The van der Waals surface area contributed by atoms with Crippen LogP contribution in [-0.4, -0.2) is 47.3 Å². The van der Waals surface area contributed by atoms with Crippen LogP contribution in [0, 0.1) is 0 Å². The van der Waals surface area contributed by atoms with Crippen LogP contribution in [0.4, 0.5) is 0 Å². The fraction of sp³-hybridized carbons (Fsp3) is 0.867. The first-order valence-corrected chi connectivity index (χ1v) is 7.82.